The number of hydrogen-bond acceptors (Lipinski definition) is 6. The average molecular weight is 313 g/mol. The highest BCUT2D eigenvalue weighted by atomic mass is 32.2. The van der Waals surface area contributed by atoms with Crippen molar-refractivity contribution >= 4 is 45.5 Å². The largest absolute Gasteiger partial charge is 0.300 e. The third-order valence-corrected chi connectivity index (χ3v) is 5.38. The second-order valence-corrected chi connectivity index (χ2v) is 7.66. The van der Waals surface area contributed by atoms with Gasteiger partial charge in [-0.3, -0.25) is 4.79 Å². The summed E-state index contributed by atoms with van der Waals surface area (Å²) < 4.78 is 0.903. The van der Waals surface area contributed by atoms with Gasteiger partial charge in [0, 0.05) is 10.6 Å². The first-order valence-corrected chi connectivity index (χ1v) is 8.60. The summed E-state index contributed by atoms with van der Waals surface area (Å²) in [6, 6.07) is 3.90. The van der Waals surface area contributed by atoms with E-state index in [1.807, 2.05) is 17.5 Å². The van der Waals surface area contributed by atoms with Gasteiger partial charge in [0.25, 0.3) is 0 Å². The van der Waals surface area contributed by atoms with Crippen molar-refractivity contribution in [3.05, 3.63) is 22.4 Å². The number of anilines is 1. The second-order valence-electron chi connectivity index (χ2n) is 4.38. The summed E-state index contributed by atoms with van der Waals surface area (Å²) in [5.41, 5.74) is 0. The molecule has 102 valence electrons. The molecule has 0 aliphatic carbocycles. The molecule has 2 rings (SSSR count). The monoisotopic (exact) mass is 313 g/mol. The van der Waals surface area contributed by atoms with Crippen molar-refractivity contribution in [3.63, 3.8) is 0 Å². The molecular formula is C12H15N3OS3. The molecule has 0 radical (unpaired) electrons. The predicted octanol–water partition coefficient (Wildman–Crippen LogP) is 3.53. The Morgan fingerprint density at radius 1 is 1.47 bits per heavy atom. The Hall–Kier alpha value is -0.920. The van der Waals surface area contributed by atoms with Crippen LogP contribution in [-0.4, -0.2) is 21.9 Å². The van der Waals surface area contributed by atoms with Gasteiger partial charge in [-0.2, -0.15) is 0 Å². The van der Waals surface area contributed by atoms with Crippen LogP contribution in [0, 0.1) is 5.92 Å². The Balaban J connectivity index is 1.84. The molecule has 7 heteroatoms. The Kier molecular flexibility index (Phi) is 5.35. The molecule has 0 fully saturated rings. The van der Waals surface area contributed by atoms with Crippen molar-refractivity contribution in [3.8, 4) is 0 Å². The molecule has 2 aromatic heterocycles. The number of rotatable bonds is 6. The lowest BCUT2D eigenvalue weighted by Gasteiger charge is -1.99. The number of aromatic nitrogens is 2. The number of hydrogen-bond donors (Lipinski definition) is 1. The maximum atomic E-state index is 11.8. The van der Waals surface area contributed by atoms with Crippen LogP contribution in [0.2, 0.25) is 0 Å². The van der Waals surface area contributed by atoms with Gasteiger partial charge in [0.1, 0.15) is 0 Å². The maximum Gasteiger partial charge on any atom is 0.231 e. The van der Waals surface area contributed by atoms with Gasteiger partial charge in [0.15, 0.2) is 4.34 Å². The lowest BCUT2D eigenvalue weighted by molar-refractivity contribution is -0.115. The zero-order valence-electron chi connectivity index (χ0n) is 10.8. The fourth-order valence-corrected chi connectivity index (χ4v) is 3.74. The molecule has 0 aliphatic rings. The van der Waals surface area contributed by atoms with Crippen molar-refractivity contribution in [1.29, 1.82) is 0 Å². The Labute approximate surface area is 124 Å². The average Bonchev–Trinajstić information content (AvgIpc) is 2.98. The van der Waals surface area contributed by atoms with Crippen LogP contribution >= 0.6 is 34.4 Å². The first-order chi connectivity index (χ1) is 9.13. The summed E-state index contributed by atoms with van der Waals surface area (Å²) in [5, 5.41) is 13.4. The molecule has 0 saturated carbocycles. The van der Waals surface area contributed by atoms with E-state index in [0.717, 1.165) is 15.0 Å². The van der Waals surface area contributed by atoms with Crippen molar-refractivity contribution in [2.45, 2.75) is 24.6 Å². The highest BCUT2D eigenvalue weighted by Gasteiger charge is 2.10. The standard InChI is InChI=1S/C12H15N3OS3/c1-8(2)7-18-12-15-14-11(19-12)13-10(16)6-9-4-3-5-17-9/h3-5,8H,6-7H2,1-2H3,(H,13,14,16). The van der Waals surface area contributed by atoms with E-state index in [-0.39, 0.29) is 5.91 Å². The molecule has 0 aromatic carbocycles. The highest BCUT2D eigenvalue weighted by Crippen LogP contribution is 2.27. The third kappa shape index (κ3) is 4.93. The molecule has 0 unspecified atom stereocenters. The molecule has 0 saturated heterocycles. The van der Waals surface area contributed by atoms with Crippen LogP contribution in [0.25, 0.3) is 0 Å². The van der Waals surface area contributed by atoms with E-state index in [1.165, 1.54) is 11.3 Å². The number of nitrogens with one attached hydrogen (secondary N) is 1. The third-order valence-electron chi connectivity index (χ3n) is 2.11. The van der Waals surface area contributed by atoms with Gasteiger partial charge >= 0.3 is 0 Å². The fourth-order valence-electron chi connectivity index (χ4n) is 1.29. The zero-order valence-corrected chi connectivity index (χ0v) is 13.2. The van der Waals surface area contributed by atoms with Gasteiger partial charge in [-0.25, -0.2) is 0 Å². The minimum Gasteiger partial charge on any atom is -0.300 e. The quantitative estimate of drug-likeness (QED) is 0.655. The van der Waals surface area contributed by atoms with Crippen LogP contribution in [0.4, 0.5) is 5.13 Å². The Morgan fingerprint density at radius 2 is 2.32 bits per heavy atom. The van der Waals surface area contributed by atoms with Crippen LogP contribution in [0.1, 0.15) is 18.7 Å². The van der Waals surface area contributed by atoms with Crippen LogP contribution in [0.3, 0.4) is 0 Å². The van der Waals surface area contributed by atoms with E-state index in [2.05, 4.69) is 29.4 Å². The highest BCUT2D eigenvalue weighted by molar-refractivity contribution is 8.01. The second kappa shape index (κ2) is 7.02. The number of thiophene rings is 1. The van der Waals surface area contributed by atoms with Gasteiger partial charge < -0.3 is 5.32 Å². The zero-order chi connectivity index (χ0) is 13.7. The van der Waals surface area contributed by atoms with Crippen molar-refractivity contribution in [2.75, 3.05) is 11.1 Å². The molecular weight excluding hydrogens is 298 g/mol. The van der Waals surface area contributed by atoms with Gasteiger partial charge in [-0.1, -0.05) is 43.0 Å². The van der Waals surface area contributed by atoms with Gasteiger partial charge in [-0.05, 0) is 17.4 Å². The van der Waals surface area contributed by atoms with Gasteiger partial charge in [-0.15, -0.1) is 21.5 Å². The molecule has 2 aromatic rings. The van der Waals surface area contributed by atoms with E-state index in [9.17, 15) is 4.79 Å². The number of carbonyl (C=O) groups is 1. The summed E-state index contributed by atoms with van der Waals surface area (Å²) in [4.78, 5) is 12.8. The predicted molar refractivity (Wildman–Crippen MR) is 82.1 cm³/mol. The molecule has 0 bridgehead atoms. The van der Waals surface area contributed by atoms with Crippen molar-refractivity contribution in [1.82, 2.24) is 10.2 Å². The van der Waals surface area contributed by atoms with E-state index in [1.54, 1.807) is 23.1 Å². The minimum absolute atomic E-state index is 0.0426. The molecule has 2 heterocycles. The van der Waals surface area contributed by atoms with Gasteiger partial charge in [0.05, 0.1) is 6.42 Å². The SMILES string of the molecule is CC(C)CSc1nnc(NC(=O)Cc2cccs2)s1. The lowest BCUT2D eigenvalue weighted by Crippen LogP contribution is -2.13. The topological polar surface area (TPSA) is 54.9 Å². The summed E-state index contributed by atoms with van der Waals surface area (Å²) in [7, 11) is 0. The smallest absolute Gasteiger partial charge is 0.231 e. The van der Waals surface area contributed by atoms with Crippen LogP contribution in [0.15, 0.2) is 21.9 Å². The number of carbonyl (C=O) groups excluding carboxylic acids is 1. The lowest BCUT2D eigenvalue weighted by atomic mass is 10.3. The molecule has 19 heavy (non-hydrogen) atoms. The molecule has 1 amide bonds. The first-order valence-electron chi connectivity index (χ1n) is 5.92. The van der Waals surface area contributed by atoms with E-state index in [4.69, 9.17) is 0 Å². The molecule has 4 nitrogen and oxygen atoms in total. The summed E-state index contributed by atoms with van der Waals surface area (Å²) in [6.45, 7) is 4.33. The van der Waals surface area contributed by atoms with E-state index >= 15 is 0 Å². The number of nitrogens with zero attached hydrogens (tertiary/aromatic N) is 2. The molecule has 1 N–H and O–H groups in total. The summed E-state index contributed by atoms with van der Waals surface area (Å²) >= 11 is 4.69. The van der Waals surface area contributed by atoms with E-state index in [0.29, 0.717) is 17.5 Å². The van der Waals surface area contributed by atoms with Crippen LogP contribution in [-0.2, 0) is 11.2 Å². The van der Waals surface area contributed by atoms with Crippen molar-refractivity contribution in [2.24, 2.45) is 5.92 Å². The Morgan fingerprint density at radius 3 is 3.00 bits per heavy atom. The van der Waals surface area contributed by atoms with Crippen molar-refractivity contribution < 1.29 is 4.79 Å². The maximum absolute atomic E-state index is 11.8. The Bertz CT molecular complexity index is 522. The molecule has 0 atom stereocenters. The fraction of sp³-hybridized carbons (Fsp3) is 0.417. The number of amides is 1. The number of thioether (sulfide) groups is 1. The summed E-state index contributed by atoms with van der Waals surface area (Å²) in [5.74, 6) is 1.59. The molecule has 0 spiro atoms. The van der Waals surface area contributed by atoms with Crippen LogP contribution in [0.5, 0.6) is 0 Å². The normalized spacial score (nSPS) is 10.9. The van der Waals surface area contributed by atoms with Gasteiger partial charge in [0.2, 0.25) is 11.0 Å². The first kappa shape index (κ1) is 14.5. The summed E-state index contributed by atoms with van der Waals surface area (Å²) in [6.07, 6.45) is 0.395. The van der Waals surface area contributed by atoms with Crippen LogP contribution < -0.4 is 5.32 Å². The molecule has 0 aliphatic heterocycles. The minimum atomic E-state index is -0.0426. The van der Waals surface area contributed by atoms with E-state index < -0.39 is 0 Å².